The van der Waals surface area contributed by atoms with Crippen molar-refractivity contribution >= 4 is 34.6 Å². The molecule has 1 heterocycles. The third-order valence-corrected chi connectivity index (χ3v) is 7.99. The summed E-state index contributed by atoms with van der Waals surface area (Å²) in [4.78, 5) is 27.2. The van der Waals surface area contributed by atoms with Crippen molar-refractivity contribution in [2.75, 3.05) is 43.3 Å². The lowest BCUT2D eigenvalue weighted by atomic mass is 10.0. The number of halogens is 1. The Balaban J connectivity index is 1.22. The summed E-state index contributed by atoms with van der Waals surface area (Å²) >= 11 is -1.65. The highest BCUT2D eigenvalue weighted by molar-refractivity contribution is 7.92. The summed E-state index contributed by atoms with van der Waals surface area (Å²) in [5, 5.41) is 5.97. The van der Waals surface area contributed by atoms with E-state index in [0.29, 0.717) is 35.0 Å². The molecule has 10 heteroatoms. The number of rotatable bonds is 11. The molecule has 0 spiro atoms. The Morgan fingerprint density at radius 1 is 0.881 bits per heavy atom. The van der Waals surface area contributed by atoms with Gasteiger partial charge in [-0.3, -0.25) is 9.59 Å². The molecule has 1 saturated heterocycles. The number of nitrogens with zero attached hydrogens (tertiary/aromatic N) is 1. The van der Waals surface area contributed by atoms with Crippen LogP contribution in [0.4, 0.5) is 15.8 Å². The number of ether oxygens (including phenoxy) is 1. The molecule has 1 aliphatic rings. The molecular formula is C32H31FN4O4S. The van der Waals surface area contributed by atoms with Gasteiger partial charge in [-0.15, -0.1) is 0 Å². The van der Waals surface area contributed by atoms with Crippen LogP contribution in [0.5, 0.6) is 5.75 Å². The summed E-state index contributed by atoms with van der Waals surface area (Å²) in [6.07, 6.45) is 1.03. The van der Waals surface area contributed by atoms with Gasteiger partial charge >= 0.3 is 0 Å². The van der Waals surface area contributed by atoms with E-state index in [2.05, 4.69) is 15.4 Å². The third-order valence-electron chi connectivity index (χ3n) is 6.85. The molecule has 5 rings (SSSR count). The van der Waals surface area contributed by atoms with Crippen LogP contribution in [0.3, 0.4) is 0 Å². The highest BCUT2D eigenvalue weighted by atomic mass is 32.2. The number of carbonyl (C=O) groups excluding carboxylic acids is 2. The fourth-order valence-electron chi connectivity index (χ4n) is 4.50. The van der Waals surface area contributed by atoms with Gasteiger partial charge in [-0.05, 0) is 72.1 Å². The summed E-state index contributed by atoms with van der Waals surface area (Å²) in [5.41, 5.74) is 3.93. The maximum Gasteiger partial charge on any atom is 0.253 e. The molecule has 0 bridgehead atoms. The zero-order valence-electron chi connectivity index (χ0n) is 23.1. The van der Waals surface area contributed by atoms with E-state index in [-0.39, 0.29) is 17.4 Å². The normalized spacial score (nSPS) is 13.1. The Morgan fingerprint density at radius 2 is 1.62 bits per heavy atom. The largest absolute Gasteiger partial charge is 0.588 e. The fourth-order valence-corrected chi connectivity index (χ4v) is 5.52. The average molecular weight is 587 g/mol. The minimum Gasteiger partial charge on any atom is -0.588 e. The summed E-state index contributed by atoms with van der Waals surface area (Å²) < 4.78 is 35.3. The molecule has 216 valence electrons. The van der Waals surface area contributed by atoms with Crippen LogP contribution in [0.15, 0.2) is 95.9 Å². The molecule has 1 atom stereocenters. The Kier molecular flexibility index (Phi) is 9.25. The molecule has 0 saturated carbocycles. The molecule has 3 N–H and O–H groups in total. The number of likely N-dealkylation sites (tertiary alicyclic amines) is 1. The lowest BCUT2D eigenvalue weighted by Crippen LogP contribution is -2.41. The molecule has 0 aromatic heterocycles. The van der Waals surface area contributed by atoms with Gasteiger partial charge in [0.2, 0.25) is 4.90 Å². The van der Waals surface area contributed by atoms with Crippen LogP contribution < -0.4 is 20.1 Å². The number of anilines is 2. The standard InChI is InChI=1S/C32H31FN4O4S/c1-41-29-13-12-23(22-6-2-8-25(18-22)32(39)37-16-5-17-37)20-30(29)42(40)36-28-11-4-10-27(21-28)34-14-15-35-31(38)24-7-3-9-26(33)19-24/h2-4,6-13,18-21,34,36H,5,14-17H2,1H3,(H,35,38). The Bertz CT molecular complexity index is 1580. The van der Waals surface area contributed by atoms with Crippen LogP contribution in [0.25, 0.3) is 11.1 Å². The summed E-state index contributed by atoms with van der Waals surface area (Å²) in [7, 11) is 1.53. The predicted molar refractivity (Wildman–Crippen MR) is 163 cm³/mol. The van der Waals surface area contributed by atoms with Gasteiger partial charge in [0.15, 0.2) is 5.75 Å². The molecule has 42 heavy (non-hydrogen) atoms. The van der Waals surface area contributed by atoms with Crippen molar-refractivity contribution in [1.82, 2.24) is 10.2 Å². The number of methoxy groups -OCH3 is 1. The molecule has 1 aliphatic heterocycles. The lowest BCUT2D eigenvalue weighted by Gasteiger charge is -2.31. The van der Waals surface area contributed by atoms with Crippen molar-refractivity contribution in [2.45, 2.75) is 11.3 Å². The molecule has 2 amide bonds. The van der Waals surface area contributed by atoms with Gasteiger partial charge in [0.1, 0.15) is 17.2 Å². The van der Waals surface area contributed by atoms with E-state index in [9.17, 15) is 18.5 Å². The van der Waals surface area contributed by atoms with Gasteiger partial charge in [-0.1, -0.05) is 30.3 Å². The number of nitrogens with one attached hydrogen (secondary N) is 3. The molecular weight excluding hydrogens is 555 g/mol. The molecule has 0 aliphatic carbocycles. The first kappa shape index (κ1) is 29.0. The van der Waals surface area contributed by atoms with E-state index in [0.717, 1.165) is 36.3 Å². The minimum absolute atomic E-state index is 0.0181. The van der Waals surface area contributed by atoms with Crippen LogP contribution in [0, 0.1) is 5.82 Å². The molecule has 4 aromatic rings. The Labute approximate surface area is 247 Å². The zero-order chi connectivity index (χ0) is 29.5. The first-order valence-electron chi connectivity index (χ1n) is 13.5. The molecule has 1 unspecified atom stereocenters. The van der Waals surface area contributed by atoms with Crippen molar-refractivity contribution in [2.24, 2.45) is 0 Å². The van der Waals surface area contributed by atoms with Crippen molar-refractivity contribution in [3.63, 3.8) is 0 Å². The summed E-state index contributed by atoms with van der Waals surface area (Å²) in [6.45, 7) is 2.32. The first-order valence-corrected chi connectivity index (χ1v) is 14.7. The molecule has 4 aromatic carbocycles. The maximum absolute atomic E-state index is 13.5. The van der Waals surface area contributed by atoms with Crippen molar-refractivity contribution < 1.29 is 23.3 Å². The summed E-state index contributed by atoms with van der Waals surface area (Å²) in [6, 6.07) is 25.7. The second kappa shape index (κ2) is 13.4. The smallest absolute Gasteiger partial charge is 0.253 e. The van der Waals surface area contributed by atoms with Crippen molar-refractivity contribution in [3.8, 4) is 16.9 Å². The second-order valence-electron chi connectivity index (χ2n) is 9.74. The highest BCUT2D eigenvalue weighted by Gasteiger charge is 2.23. The second-order valence-corrected chi connectivity index (χ2v) is 10.9. The minimum atomic E-state index is -1.65. The fraction of sp³-hybridized carbons (Fsp3) is 0.188. The topological polar surface area (TPSA) is 106 Å². The summed E-state index contributed by atoms with van der Waals surface area (Å²) in [5.74, 6) is -0.326. The van der Waals surface area contributed by atoms with Crippen LogP contribution in [-0.2, 0) is 11.4 Å². The number of benzene rings is 4. The zero-order valence-corrected chi connectivity index (χ0v) is 23.9. The van der Waals surface area contributed by atoms with Gasteiger partial charge < -0.3 is 24.8 Å². The lowest BCUT2D eigenvalue weighted by molar-refractivity contribution is 0.0651. The van der Waals surface area contributed by atoms with Crippen LogP contribution in [-0.4, -0.2) is 54.6 Å². The van der Waals surface area contributed by atoms with E-state index in [1.165, 1.54) is 25.3 Å². The molecule has 8 nitrogen and oxygen atoms in total. The molecule has 0 radical (unpaired) electrons. The van der Waals surface area contributed by atoms with Crippen molar-refractivity contribution in [3.05, 3.63) is 108 Å². The predicted octanol–water partition coefficient (Wildman–Crippen LogP) is 5.32. The SMILES string of the molecule is COc1ccc(-c2cccc(C(=O)N3CCC3)c2)cc1[S+]([O-])Nc1cccc(NCCNC(=O)c2cccc(F)c2)c1. The highest BCUT2D eigenvalue weighted by Crippen LogP contribution is 2.32. The van der Waals surface area contributed by atoms with E-state index >= 15 is 0 Å². The number of carbonyl (C=O) groups is 2. The quantitative estimate of drug-likeness (QED) is 0.162. The Morgan fingerprint density at radius 3 is 2.38 bits per heavy atom. The first-order chi connectivity index (χ1) is 20.4. The van der Waals surface area contributed by atoms with Gasteiger partial charge in [0, 0.05) is 49.1 Å². The third kappa shape index (κ3) is 7.02. The van der Waals surface area contributed by atoms with Crippen LogP contribution in [0.1, 0.15) is 27.1 Å². The number of hydrogen-bond donors (Lipinski definition) is 3. The van der Waals surface area contributed by atoms with E-state index in [1.54, 1.807) is 24.3 Å². The Hall–Kier alpha value is -4.54. The number of hydrogen-bond acceptors (Lipinski definition) is 6. The van der Waals surface area contributed by atoms with Crippen LogP contribution in [0.2, 0.25) is 0 Å². The van der Waals surface area contributed by atoms with Gasteiger partial charge in [-0.25, -0.2) is 9.11 Å². The van der Waals surface area contributed by atoms with Crippen molar-refractivity contribution in [1.29, 1.82) is 0 Å². The number of amides is 2. The maximum atomic E-state index is 13.5. The van der Waals surface area contributed by atoms with Gasteiger partial charge in [-0.2, -0.15) is 0 Å². The van der Waals surface area contributed by atoms with Gasteiger partial charge in [0.25, 0.3) is 11.8 Å². The van der Waals surface area contributed by atoms with E-state index in [1.807, 2.05) is 53.4 Å². The average Bonchev–Trinajstić information content (AvgIpc) is 2.98. The monoisotopic (exact) mass is 586 g/mol. The van der Waals surface area contributed by atoms with Gasteiger partial charge in [0.05, 0.1) is 12.8 Å². The van der Waals surface area contributed by atoms with E-state index in [4.69, 9.17) is 4.74 Å². The van der Waals surface area contributed by atoms with Crippen LogP contribution >= 0.6 is 0 Å². The van der Waals surface area contributed by atoms with E-state index < -0.39 is 17.2 Å². The molecule has 1 fully saturated rings.